The molecule has 1 aromatic rings. The maximum atomic E-state index is 10.1. The summed E-state index contributed by atoms with van der Waals surface area (Å²) in [6, 6.07) is 10.2. The fourth-order valence-electron chi connectivity index (χ4n) is 1.19. The Kier molecular flexibility index (Phi) is 4.55. The van der Waals surface area contributed by atoms with Gasteiger partial charge in [-0.2, -0.15) is 0 Å². The molecule has 0 saturated heterocycles. The Morgan fingerprint density at radius 3 is 2.62 bits per heavy atom. The zero-order chi connectivity index (χ0) is 9.52. The van der Waals surface area contributed by atoms with E-state index in [0.717, 1.165) is 19.1 Å². The highest BCUT2D eigenvalue weighted by Gasteiger charge is 2.03. The van der Waals surface area contributed by atoms with Crippen LogP contribution >= 0.6 is 11.6 Å². The van der Waals surface area contributed by atoms with Gasteiger partial charge in [0.1, 0.15) is 6.29 Å². The van der Waals surface area contributed by atoms with E-state index < -0.39 is 0 Å². The highest BCUT2D eigenvalue weighted by Crippen LogP contribution is 2.10. The van der Waals surface area contributed by atoms with Crippen molar-refractivity contribution in [2.24, 2.45) is 0 Å². The number of carbonyl (C=O) groups is 1. The largest absolute Gasteiger partial charge is 0.303 e. The summed E-state index contributed by atoms with van der Waals surface area (Å²) in [6.45, 7) is 0. The number of hydrogen-bond donors (Lipinski definition) is 0. The Hall–Kier alpha value is -0.820. The Balaban J connectivity index is 2.30. The molecule has 0 aromatic heterocycles. The molecule has 0 N–H and O–H groups in total. The minimum atomic E-state index is -0.0160. The molecule has 1 aromatic carbocycles. The van der Waals surface area contributed by atoms with Gasteiger partial charge in [0.15, 0.2) is 0 Å². The van der Waals surface area contributed by atoms with E-state index in [4.69, 9.17) is 11.6 Å². The third-order valence-electron chi connectivity index (χ3n) is 1.94. The molecule has 0 aliphatic heterocycles. The average Bonchev–Trinajstić information content (AvgIpc) is 2.17. The lowest BCUT2D eigenvalue weighted by Crippen LogP contribution is -2.01. The van der Waals surface area contributed by atoms with Gasteiger partial charge in [0.25, 0.3) is 0 Å². The predicted octanol–water partition coefficient (Wildman–Crippen LogP) is 2.82. The fourth-order valence-corrected chi connectivity index (χ4v) is 1.37. The van der Waals surface area contributed by atoms with Crippen molar-refractivity contribution in [3.63, 3.8) is 0 Å². The standard InChI is InChI=1S/C11H13ClO/c12-11(8-9-13)7-6-10-4-2-1-3-5-10/h1-5,9,11H,6-8H2. The summed E-state index contributed by atoms with van der Waals surface area (Å²) in [5.74, 6) is 0. The molecule has 0 radical (unpaired) electrons. The monoisotopic (exact) mass is 196 g/mol. The molecular weight excluding hydrogens is 184 g/mol. The first kappa shape index (κ1) is 10.3. The molecule has 0 aliphatic rings. The molecule has 0 spiro atoms. The van der Waals surface area contributed by atoms with Gasteiger partial charge in [-0.15, -0.1) is 11.6 Å². The number of halogens is 1. The predicted molar refractivity (Wildman–Crippen MR) is 55.1 cm³/mol. The van der Waals surface area contributed by atoms with Crippen LogP contribution in [0.5, 0.6) is 0 Å². The van der Waals surface area contributed by atoms with E-state index >= 15 is 0 Å². The van der Waals surface area contributed by atoms with Crippen molar-refractivity contribution in [3.8, 4) is 0 Å². The third-order valence-corrected chi connectivity index (χ3v) is 2.34. The second-order valence-electron chi connectivity index (χ2n) is 3.02. The molecule has 0 fully saturated rings. The second kappa shape index (κ2) is 5.76. The van der Waals surface area contributed by atoms with E-state index in [9.17, 15) is 4.79 Å². The lowest BCUT2D eigenvalue weighted by atomic mass is 10.1. The van der Waals surface area contributed by atoms with E-state index in [0.29, 0.717) is 6.42 Å². The summed E-state index contributed by atoms with van der Waals surface area (Å²) < 4.78 is 0. The topological polar surface area (TPSA) is 17.1 Å². The first-order valence-electron chi connectivity index (χ1n) is 4.44. The van der Waals surface area contributed by atoms with Crippen molar-refractivity contribution in [3.05, 3.63) is 35.9 Å². The van der Waals surface area contributed by atoms with Crippen LogP contribution in [0.2, 0.25) is 0 Å². The molecule has 0 saturated carbocycles. The van der Waals surface area contributed by atoms with Gasteiger partial charge >= 0.3 is 0 Å². The van der Waals surface area contributed by atoms with Crippen LogP contribution in [0.15, 0.2) is 30.3 Å². The van der Waals surface area contributed by atoms with Gasteiger partial charge in [-0.3, -0.25) is 0 Å². The lowest BCUT2D eigenvalue weighted by Gasteiger charge is -2.04. The molecule has 0 amide bonds. The number of aldehydes is 1. The van der Waals surface area contributed by atoms with Crippen molar-refractivity contribution >= 4 is 17.9 Å². The molecule has 2 heteroatoms. The molecule has 13 heavy (non-hydrogen) atoms. The van der Waals surface area contributed by atoms with Crippen molar-refractivity contribution in [2.75, 3.05) is 0 Å². The molecule has 1 atom stereocenters. The average molecular weight is 197 g/mol. The molecule has 1 unspecified atom stereocenters. The fraction of sp³-hybridized carbons (Fsp3) is 0.364. The number of alkyl halides is 1. The Bertz CT molecular complexity index is 246. The minimum Gasteiger partial charge on any atom is -0.303 e. The number of carbonyl (C=O) groups excluding carboxylic acids is 1. The smallest absolute Gasteiger partial charge is 0.121 e. The van der Waals surface area contributed by atoms with Crippen molar-refractivity contribution in [2.45, 2.75) is 24.6 Å². The van der Waals surface area contributed by atoms with Crippen LogP contribution in [0, 0.1) is 0 Å². The van der Waals surface area contributed by atoms with Gasteiger partial charge < -0.3 is 4.79 Å². The molecule has 1 rings (SSSR count). The van der Waals surface area contributed by atoms with E-state index in [1.54, 1.807) is 0 Å². The Labute approximate surface area is 83.7 Å². The summed E-state index contributed by atoms with van der Waals surface area (Å²) in [4.78, 5) is 10.1. The van der Waals surface area contributed by atoms with Gasteiger partial charge in [0.2, 0.25) is 0 Å². The summed E-state index contributed by atoms with van der Waals surface area (Å²) >= 11 is 5.90. The Morgan fingerprint density at radius 2 is 2.00 bits per heavy atom. The quantitative estimate of drug-likeness (QED) is 0.523. The second-order valence-corrected chi connectivity index (χ2v) is 3.64. The molecule has 0 aliphatic carbocycles. The summed E-state index contributed by atoms with van der Waals surface area (Å²) in [7, 11) is 0. The van der Waals surface area contributed by atoms with Crippen molar-refractivity contribution < 1.29 is 4.79 Å². The van der Waals surface area contributed by atoms with Crippen LogP contribution in [0.1, 0.15) is 18.4 Å². The van der Waals surface area contributed by atoms with Crippen LogP contribution in [0.3, 0.4) is 0 Å². The van der Waals surface area contributed by atoms with Gasteiger partial charge in [-0.1, -0.05) is 30.3 Å². The summed E-state index contributed by atoms with van der Waals surface area (Å²) in [5.41, 5.74) is 1.28. The zero-order valence-corrected chi connectivity index (χ0v) is 8.20. The Morgan fingerprint density at radius 1 is 1.31 bits per heavy atom. The first-order chi connectivity index (χ1) is 6.33. The van der Waals surface area contributed by atoms with Crippen molar-refractivity contribution in [1.29, 1.82) is 0 Å². The molecule has 0 heterocycles. The molecule has 1 nitrogen and oxygen atoms in total. The van der Waals surface area contributed by atoms with Gasteiger partial charge in [-0.05, 0) is 18.4 Å². The third kappa shape index (κ3) is 4.09. The number of hydrogen-bond acceptors (Lipinski definition) is 1. The van der Waals surface area contributed by atoms with E-state index in [2.05, 4.69) is 12.1 Å². The van der Waals surface area contributed by atoms with Crippen LogP contribution in [-0.2, 0) is 11.2 Å². The van der Waals surface area contributed by atoms with Crippen LogP contribution in [0.4, 0.5) is 0 Å². The molecule has 0 bridgehead atoms. The highest BCUT2D eigenvalue weighted by molar-refractivity contribution is 6.21. The SMILES string of the molecule is O=CCC(Cl)CCc1ccccc1. The molecular formula is C11H13ClO. The van der Waals surface area contributed by atoms with Crippen LogP contribution < -0.4 is 0 Å². The highest BCUT2D eigenvalue weighted by atomic mass is 35.5. The van der Waals surface area contributed by atoms with Crippen LogP contribution in [-0.4, -0.2) is 11.7 Å². The lowest BCUT2D eigenvalue weighted by molar-refractivity contribution is -0.107. The van der Waals surface area contributed by atoms with E-state index in [1.807, 2.05) is 18.2 Å². The van der Waals surface area contributed by atoms with Gasteiger partial charge in [0, 0.05) is 11.8 Å². The minimum absolute atomic E-state index is 0.0160. The number of benzene rings is 1. The van der Waals surface area contributed by atoms with Crippen molar-refractivity contribution in [1.82, 2.24) is 0 Å². The number of aryl methyl sites for hydroxylation is 1. The first-order valence-corrected chi connectivity index (χ1v) is 4.88. The molecule has 70 valence electrons. The van der Waals surface area contributed by atoms with Gasteiger partial charge in [0.05, 0.1) is 0 Å². The zero-order valence-electron chi connectivity index (χ0n) is 7.45. The number of rotatable bonds is 5. The van der Waals surface area contributed by atoms with Gasteiger partial charge in [-0.25, -0.2) is 0 Å². The van der Waals surface area contributed by atoms with E-state index in [-0.39, 0.29) is 5.38 Å². The van der Waals surface area contributed by atoms with Crippen LogP contribution in [0.25, 0.3) is 0 Å². The normalized spacial score (nSPS) is 12.4. The summed E-state index contributed by atoms with van der Waals surface area (Å²) in [6.07, 6.45) is 3.14. The summed E-state index contributed by atoms with van der Waals surface area (Å²) in [5, 5.41) is -0.0160. The maximum absolute atomic E-state index is 10.1. The van der Waals surface area contributed by atoms with E-state index in [1.165, 1.54) is 5.56 Å². The maximum Gasteiger partial charge on any atom is 0.121 e.